The van der Waals surface area contributed by atoms with Crippen LogP contribution in [0.5, 0.6) is 0 Å². The molecule has 1 amide bonds. The number of aryl methyl sites for hydroxylation is 1. The molecule has 0 saturated carbocycles. The fourth-order valence-electron chi connectivity index (χ4n) is 2.29. The van der Waals surface area contributed by atoms with Crippen LogP contribution in [0.15, 0.2) is 27.4 Å². The number of hydrogen-bond acceptors (Lipinski definition) is 5. The average molecular weight is 314 g/mol. The zero-order valence-electron chi connectivity index (χ0n) is 13.2. The number of fused-ring (bicyclic) bond motifs is 3. The SMILES string of the molecule is Cc1ccc2oc3c(=O)[nH]c(CNC(C)(C)C(N)=O)nc3c2c1. The number of aromatic nitrogens is 2. The molecule has 0 aliphatic heterocycles. The fraction of sp³-hybridized carbons (Fsp3) is 0.312. The lowest BCUT2D eigenvalue weighted by Crippen LogP contribution is -2.50. The normalized spacial score (nSPS) is 12.1. The summed E-state index contributed by atoms with van der Waals surface area (Å²) in [5.41, 5.74) is 6.45. The summed E-state index contributed by atoms with van der Waals surface area (Å²) in [6.07, 6.45) is 0. The number of benzene rings is 1. The molecule has 0 aliphatic rings. The van der Waals surface area contributed by atoms with Crippen molar-refractivity contribution in [2.75, 3.05) is 0 Å². The molecule has 0 saturated heterocycles. The highest BCUT2D eigenvalue weighted by molar-refractivity contribution is 6.02. The van der Waals surface area contributed by atoms with Gasteiger partial charge in [-0.25, -0.2) is 4.98 Å². The van der Waals surface area contributed by atoms with Crippen molar-refractivity contribution < 1.29 is 9.21 Å². The van der Waals surface area contributed by atoms with Crippen LogP contribution < -0.4 is 16.6 Å². The van der Waals surface area contributed by atoms with Gasteiger partial charge in [0.05, 0.1) is 12.1 Å². The number of amides is 1. The minimum absolute atomic E-state index is 0.198. The third kappa shape index (κ3) is 2.70. The summed E-state index contributed by atoms with van der Waals surface area (Å²) < 4.78 is 5.58. The van der Waals surface area contributed by atoms with Crippen LogP contribution >= 0.6 is 0 Å². The molecule has 23 heavy (non-hydrogen) atoms. The second-order valence-corrected chi connectivity index (χ2v) is 6.13. The van der Waals surface area contributed by atoms with E-state index >= 15 is 0 Å². The summed E-state index contributed by atoms with van der Waals surface area (Å²) in [4.78, 5) is 30.7. The summed E-state index contributed by atoms with van der Waals surface area (Å²) >= 11 is 0. The van der Waals surface area contributed by atoms with Crippen LogP contribution in [0.25, 0.3) is 22.1 Å². The van der Waals surface area contributed by atoms with E-state index in [1.807, 2.05) is 25.1 Å². The predicted octanol–water partition coefficient (Wildman–Crippen LogP) is 1.33. The molecule has 7 heteroatoms. The van der Waals surface area contributed by atoms with Crippen molar-refractivity contribution in [3.63, 3.8) is 0 Å². The Kier molecular flexibility index (Phi) is 3.45. The third-order valence-corrected chi connectivity index (χ3v) is 3.84. The number of rotatable bonds is 4. The van der Waals surface area contributed by atoms with Crippen molar-refractivity contribution in [2.24, 2.45) is 5.73 Å². The quantitative estimate of drug-likeness (QED) is 0.672. The van der Waals surface area contributed by atoms with Gasteiger partial charge >= 0.3 is 0 Å². The third-order valence-electron chi connectivity index (χ3n) is 3.84. The number of nitrogens with two attached hydrogens (primary N) is 1. The molecule has 0 radical (unpaired) electrons. The van der Waals surface area contributed by atoms with Gasteiger partial charge in [-0.05, 0) is 32.9 Å². The molecule has 4 N–H and O–H groups in total. The lowest BCUT2D eigenvalue weighted by Gasteiger charge is -2.21. The Morgan fingerprint density at radius 2 is 2.17 bits per heavy atom. The molecule has 0 fully saturated rings. The Bertz CT molecular complexity index is 969. The van der Waals surface area contributed by atoms with Crippen LogP contribution in [-0.4, -0.2) is 21.4 Å². The first kappa shape index (κ1) is 15.2. The first-order valence-corrected chi connectivity index (χ1v) is 7.25. The molecule has 7 nitrogen and oxygen atoms in total. The monoisotopic (exact) mass is 314 g/mol. The van der Waals surface area contributed by atoms with Crippen molar-refractivity contribution in [3.8, 4) is 0 Å². The largest absolute Gasteiger partial charge is 0.449 e. The number of furan rings is 1. The second kappa shape index (κ2) is 5.20. The molecule has 120 valence electrons. The van der Waals surface area contributed by atoms with Gasteiger partial charge in [-0.1, -0.05) is 11.6 Å². The topological polar surface area (TPSA) is 114 Å². The van der Waals surface area contributed by atoms with E-state index in [9.17, 15) is 9.59 Å². The lowest BCUT2D eigenvalue weighted by molar-refractivity contribution is -0.123. The lowest BCUT2D eigenvalue weighted by atomic mass is 10.1. The maximum absolute atomic E-state index is 12.2. The molecule has 2 aromatic heterocycles. The van der Waals surface area contributed by atoms with Gasteiger partial charge in [0.25, 0.3) is 5.56 Å². The summed E-state index contributed by atoms with van der Waals surface area (Å²) in [7, 11) is 0. The Balaban J connectivity index is 2.06. The second-order valence-electron chi connectivity index (χ2n) is 6.13. The van der Waals surface area contributed by atoms with E-state index < -0.39 is 11.4 Å². The molecule has 3 rings (SSSR count). The van der Waals surface area contributed by atoms with Crippen LogP contribution in [0.2, 0.25) is 0 Å². The van der Waals surface area contributed by atoms with Gasteiger partial charge in [0.15, 0.2) is 0 Å². The number of nitrogens with one attached hydrogen (secondary N) is 2. The van der Waals surface area contributed by atoms with Crippen molar-refractivity contribution in [3.05, 3.63) is 39.9 Å². The van der Waals surface area contributed by atoms with Gasteiger partial charge in [-0.2, -0.15) is 0 Å². The van der Waals surface area contributed by atoms with E-state index in [0.717, 1.165) is 10.9 Å². The van der Waals surface area contributed by atoms with Gasteiger partial charge in [0.1, 0.15) is 16.9 Å². The minimum atomic E-state index is -0.900. The van der Waals surface area contributed by atoms with Crippen LogP contribution in [0.4, 0.5) is 0 Å². The Morgan fingerprint density at radius 3 is 2.87 bits per heavy atom. The molecule has 0 atom stereocenters. The molecule has 0 spiro atoms. The van der Waals surface area contributed by atoms with E-state index in [-0.39, 0.29) is 17.7 Å². The zero-order valence-corrected chi connectivity index (χ0v) is 13.2. The zero-order chi connectivity index (χ0) is 16.8. The van der Waals surface area contributed by atoms with Crippen LogP contribution in [0.1, 0.15) is 25.2 Å². The summed E-state index contributed by atoms with van der Waals surface area (Å²) in [5, 5.41) is 3.77. The van der Waals surface area contributed by atoms with E-state index in [4.69, 9.17) is 10.2 Å². The van der Waals surface area contributed by atoms with E-state index in [1.54, 1.807) is 13.8 Å². The smallest absolute Gasteiger partial charge is 0.294 e. The maximum Gasteiger partial charge on any atom is 0.294 e. The first-order valence-electron chi connectivity index (χ1n) is 7.25. The van der Waals surface area contributed by atoms with Gasteiger partial charge in [-0.3, -0.25) is 14.9 Å². The fourth-order valence-corrected chi connectivity index (χ4v) is 2.29. The molecule has 0 bridgehead atoms. The van der Waals surface area contributed by atoms with Crippen LogP contribution in [-0.2, 0) is 11.3 Å². The van der Waals surface area contributed by atoms with Crippen molar-refractivity contribution >= 4 is 28.0 Å². The number of hydrogen-bond donors (Lipinski definition) is 3. The molecular weight excluding hydrogens is 296 g/mol. The summed E-state index contributed by atoms with van der Waals surface area (Å²) in [6, 6.07) is 5.66. The number of H-pyrrole nitrogens is 1. The molecule has 0 aliphatic carbocycles. The predicted molar refractivity (Wildman–Crippen MR) is 87.0 cm³/mol. The van der Waals surface area contributed by atoms with Gasteiger partial charge in [0.2, 0.25) is 11.5 Å². The van der Waals surface area contributed by atoms with E-state index in [1.165, 1.54) is 0 Å². The standard InChI is InChI=1S/C16H18N4O3/c1-8-4-5-10-9(6-8)12-13(23-10)14(21)20-11(19-12)7-18-16(2,3)15(17)22/h4-6,18H,7H2,1-3H3,(H2,17,22)(H,19,20,21). The first-order chi connectivity index (χ1) is 10.8. The summed E-state index contributed by atoms with van der Waals surface area (Å²) in [6.45, 7) is 5.51. The number of primary amides is 1. The molecular formula is C16H18N4O3. The number of carbonyl (C=O) groups excluding carboxylic acids is 1. The highest BCUT2D eigenvalue weighted by Crippen LogP contribution is 2.25. The highest BCUT2D eigenvalue weighted by Gasteiger charge is 2.24. The summed E-state index contributed by atoms with van der Waals surface area (Å²) in [5.74, 6) is -0.0636. The molecule has 1 aromatic carbocycles. The van der Waals surface area contributed by atoms with E-state index in [0.29, 0.717) is 16.9 Å². The Hall–Kier alpha value is -2.67. The minimum Gasteiger partial charge on any atom is -0.449 e. The van der Waals surface area contributed by atoms with Crippen molar-refractivity contribution in [1.82, 2.24) is 15.3 Å². The van der Waals surface area contributed by atoms with Crippen LogP contribution in [0.3, 0.4) is 0 Å². The molecule has 2 heterocycles. The molecule has 3 aromatic rings. The highest BCUT2D eigenvalue weighted by atomic mass is 16.3. The Morgan fingerprint density at radius 1 is 1.43 bits per heavy atom. The Labute approximate surface area is 131 Å². The van der Waals surface area contributed by atoms with Crippen molar-refractivity contribution in [2.45, 2.75) is 32.9 Å². The van der Waals surface area contributed by atoms with Gasteiger partial charge in [0, 0.05) is 5.39 Å². The maximum atomic E-state index is 12.2. The van der Waals surface area contributed by atoms with Crippen molar-refractivity contribution in [1.29, 1.82) is 0 Å². The van der Waals surface area contributed by atoms with Crippen LogP contribution in [0, 0.1) is 6.92 Å². The molecule has 0 unspecified atom stereocenters. The number of aromatic amines is 1. The number of nitrogens with zero attached hydrogens (tertiary/aromatic N) is 1. The number of carbonyl (C=O) groups is 1. The van der Waals surface area contributed by atoms with Gasteiger partial charge in [-0.15, -0.1) is 0 Å². The average Bonchev–Trinajstić information content (AvgIpc) is 2.84. The van der Waals surface area contributed by atoms with E-state index in [2.05, 4.69) is 15.3 Å². The van der Waals surface area contributed by atoms with Gasteiger partial charge < -0.3 is 15.1 Å².